The molecule has 0 aliphatic heterocycles. The van der Waals surface area contributed by atoms with Crippen LogP contribution in [0.3, 0.4) is 0 Å². The molecule has 1 atom stereocenters. The summed E-state index contributed by atoms with van der Waals surface area (Å²) in [6, 6.07) is 12.2. The van der Waals surface area contributed by atoms with Gasteiger partial charge >= 0.3 is 0 Å². The number of hydrogen-bond donors (Lipinski definition) is 1. The second-order valence-electron chi connectivity index (χ2n) is 7.10. The average Bonchev–Trinajstić information content (AvgIpc) is 2.73. The third kappa shape index (κ3) is 8.23. The molecule has 4 nitrogen and oxygen atoms in total. The van der Waals surface area contributed by atoms with Gasteiger partial charge in [0.25, 0.3) is 0 Å². The smallest absolute Gasteiger partial charge is 0.242 e. The zero-order chi connectivity index (χ0) is 22.8. The molecule has 2 amide bonds. The molecule has 0 saturated heterocycles. The normalized spacial score (nSPS) is 11.8. The van der Waals surface area contributed by atoms with Gasteiger partial charge in [-0.1, -0.05) is 66.8 Å². The lowest BCUT2D eigenvalue weighted by Gasteiger charge is -2.31. The maximum absolute atomic E-state index is 13.2. The van der Waals surface area contributed by atoms with Crippen molar-refractivity contribution in [2.45, 2.75) is 45.0 Å². The van der Waals surface area contributed by atoms with Crippen molar-refractivity contribution < 1.29 is 9.59 Å². The van der Waals surface area contributed by atoms with Crippen molar-refractivity contribution in [3.8, 4) is 0 Å². The molecule has 31 heavy (non-hydrogen) atoms. The Morgan fingerprint density at radius 1 is 1.06 bits per heavy atom. The predicted octanol–water partition coefficient (Wildman–Crippen LogP) is 6.21. The molecule has 0 spiro atoms. The van der Waals surface area contributed by atoms with Crippen molar-refractivity contribution in [1.82, 2.24) is 10.2 Å². The van der Waals surface area contributed by atoms with Gasteiger partial charge in [0, 0.05) is 33.9 Å². The van der Waals surface area contributed by atoms with Crippen molar-refractivity contribution in [3.63, 3.8) is 0 Å². The third-order valence-corrected chi connectivity index (χ3v) is 6.48. The van der Waals surface area contributed by atoms with Crippen LogP contribution >= 0.6 is 46.6 Å². The Morgan fingerprint density at radius 2 is 1.81 bits per heavy atom. The number of rotatable bonds is 11. The first kappa shape index (κ1) is 25.9. The molecule has 0 heterocycles. The van der Waals surface area contributed by atoms with Crippen LogP contribution in [-0.2, 0) is 21.9 Å². The highest BCUT2D eigenvalue weighted by molar-refractivity contribution is 7.99. The minimum atomic E-state index is -0.572. The fourth-order valence-electron chi connectivity index (χ4n) is 3.08. The molecule has 2 rings (SSSR count). The number of thioether (sulfide) groups is 1. The van der Waals surface area contributed by atoms with E-state index in [1.54, 1.807) is 23.1 Å². The summed E-state index contributed by atoms with van der Waals surface area (Å²) in [5.41, 5.74) is 1.80. The number of benzene rings is 2. The number of carbonyl (C=O) groups is 2. The van der Waals surface area contributed by atoms with Gasteiger partial charge in [0.05, 0.1) is 5.75 Å². The first-order valence-electron chi connectivity index (χ1n) is 10.2. The largest absolute Gasteiger partial charge is 0.354 e. The molecule has 0 fully saturated rings. The van der Waals surface area contributed by atoms with Gasteiger partial charge in [-0.05, 0) is 48.2 Å². The molecule has 8 heteroatoms. The fourth-order valence-corrected chi connectivity index (χ4v) is 4.62. The van der Waals surface area contributed by atoms with Crippen molar-refractivity contribution in [1.29, 1.82) is 0 Å². The molecule has 0 aromatic heterocycles. The highest BCUT2D eigenvalue weighted by atomic mass is 35.5. The Balaban J connectivity index is 2.16. The van der Waals surface area contributed by atoms with Crippen LogP contribution in [-0.4, -0.2) is 35.1 Å². The van der Waals surface area contributed by atoms with E-state index in [0.717, 1.165) is 17.5 Å². The predicted molar refractivity (Wildman–Crippen MR) is 132 cm³/mol. The zero-order valence-electron chi connectivity index (χ0n) is 17.7. The molecule has 0 unspecified atom stereocenters. The number of halogens is 3. The first-order chi connectivity index (χ1) is 14.8. The molecule has 168 valence electrons. The topological polar surface area (TPSA) is 49.4 Å². The zero-order valence-corrected chi connectivity index (χ0v) is 20.8. The highest BCUT2D eigenvalue weighted by Gasteiger charge is 2.28. The Hall–Kier alpha value is -1.40. The standard InChI is InChI=1S/C23H27Cl3N2O2S/c1-3-10-27-23(30)21(4-2)28(13-17-8-9-19(25)12-20(17)26)22(29)15-31-14-16-6-5-7-18(24)11-16/h5-9,11-12,21H,3-4,10,13-15H2,1-2H3,(H,27,30)/t21-/m1/s1. The van der Waals surface area contributed by atoms with E-state index in [1.807, 2.05) is 38.1 Å². The van der Waals surface area contributed by atoms with Gasteiger partial charge in [-0.3, -0.25) is 9.59 Å². The van der Waals surface area contributed by atoms with Crippen molar-refractivity contribution >= 4 is 58.4 Å². The van der Waals surface area contributed by atoms with Crippen LogP contribution in [0.25, 0.3) is 0 Å². The Labute approximate surface area is 203 Å². The van der Waals surface area contributed by atoms with Crippen LogP contribution in [0.5, 0.6) is 0 Å². The summed E-state index contributed by atoms with van der Waals surface area (Å²) in [6.45, 7) is 4.70. The molecular weight excluding hydrogens is 475 g/mol. The van der Waals surface area contributed by atoms with E-state index in [0.29, 0.717) is 33.8 Å². The Kier molecular flexibility index (Phi) is 11.0. The quantitative estimate of drug-likeness (QED) is 0.398. The molecule has 0 saturated carbocycles. The van der Waals surface area contributed by atoms with Gasteiger partial charge in [-0.25, -0.2) is 0 Å². The van der Waals surface area contributed by atoms with Crippen molar-refractivity contribution in [2.24, 2.45) is 0 Å². The minimum Gasteiger partial charge on any atom is -0.354 e. The Morgan fingerprint density at radius 3 is 2.45 bits per heavy atom. The van der Waals surface area contributed by atoms with E-state index >= 15 is 0 Å². The van der Waals surface area contributed by atoms with E-state index in [2.05, 4.69) is 5.32 Å². The lowest BCUT2D eigenvalue weighted by Crippen LogP contribution is -2.49. The lowest BCUT2D eigenvalue weighted by atomic mass is 10.1. The van der Waals surface area contributed by atoms with Crippen LogP contribution in [0, 0.1) is 0 Å². The Bertz CT molecular complexity index is 895. The first-order valence-corrected chi connectivity index (χ1v) is 12.5. The van der Waals surface area contributed by atoms with Crippen molar-refractivity contribution in [3.05, 3.63) is 68.7 Å². The number of carbonyl (C=O) groups excluding carboxylic acids is 2. The molecule has 0 bridgehead atoms. The second-order valence-corrected chi connectivity index (χ2v) is 9.36. The average molecular weight is 502 g/mol. The van der Waals surface area contributed by atoms with Crippen LogP contribution in [0.2, 0.25) is 15.1 Å². The number of nitrogens with one attached hydrogen (secondary N) is 1. The van der Waals surface area contributed by atoms with Crippen LogP contribution in [0.4, 0.5) is 0 Å². The van der Waals surface area contributed by atoms with Gasteiger partial charge in [-0.15, -0.1) is 11.8 Å². The number of hydrogen-bond acceptors (Lipinski definition) is 3. The van der Waals surface area contributed by atoms with E-state index < -0.39 is 6.04 Å². The van der Waals surface area contributed by atoms with Crippen LogP contribution in [0.1, 0.15) is 37.8 Å². The molecule has 1 N–H and O–H groups in total. The van der Waals surface area contributed by atoms with E-state index in [1.165, 1.54) is 11.8 Å². The molecule has 2 aromatic carbocycles. The van der Waals surface area contributed by atoms with Gasteiger partial charge in [-0.2, -0.15) is 0 Å². The summed E-state index contributed by atoms with van der Waals surface area (Å²) in [5.74, 6) is 0.634. The van der Waals surface area contributed by atoms with Crippen LogP contribution in [0.15, 0.2) is 42.5 Å². The molecule has 0 aliphatic carbocycles. The molecular formula is C23H27Cl3N2O2S. The third-order valence-electron chi connectivity index (χ3n) is 4.67. The second kappa shape index (κ2) is 13.2. The summed E-state index contributed by atoms with van der Waals surface area (Å²) >= 11 is 19.9. The monoisotopic (exact) mass is 500 g/mol. The SMILES string of the molecule is CCCNC(=O)[C@@H](CC)N(Cc1ccc(Cl)cc1Cl)C(=O)CSCc1cccc(Cl)c1. The molecule has 0 radical (unpaired) electrons. The number of amides is 2. The summed E-state index contributed by atoms with van der Waals surface area (Å²) in [6.07, 6.45) is 1.33. The summed E-state index contributed by atoms with van der Waals surface area (Å²) in [4.78, 5) is 27.6. The summed E-state index contributed by atoms with van der Waals surface area (Å²) < 4.78 is 0. The molecule has 2 aromatic rings. The van der Waals surface area contributed by atoms with Gasteiger partial charge < -0.3 is 10.2 Å². The van der Waals surface area contributed by atoms with Gasteiger partial charge in [0.1, 0.15) is 6.04 Å². The van der Waals surface area contributed by atoms with Gasteiger partial charge in [0.2, 0.25) is 11.8 Å². The highest BCUT2D eigenvalue weighted by Crippen LogP contribution is 2.25. The van der Waals surface area contributed by atoms with Crippen LogP contribution < -0.4 is 5.32 Å². The minimum absolute atomic E-state index is 0.114. The molecule has 0 aliphatic rings. The number of nitrogens with zero attached hydrogens (tertiary/aromatic N) is 1. The maximum Gasteiger partial charge on any atom is 0.242 e. The summed E-state index contributed by atoms with van der Waals surface area (Å²) in [7, 11) is 0. The van der Waals surface area contributed by atoms with E-state index in [4.69, 9.17) is 34.8 Å². The lowest BCUT2D eigenvalue weighted by molar-refractivity contribution is -0.139. The van der Waals surface area contributed by atoms with E-state index in [9.17, 15) is 9.59 Å². The fraction of sp³-hybridized carbons (Fsp3) is 0.391. The summed E-state index contributed by atoms with van der Waals surface area (Å²) in [5, 5.41) is 4.57. The van der Waals surface area contributed by atoms with Crippen molar-refractivity contribution in [2.75, 3.05) is 12.3 Å². The van der Waals surface area contributed by atoms with Gasteiger partial charge in [0.15, 0.2) is 0 Å². The van der Waals surface area contributed by atoms with E-state index in [-0.39, 0.29) is 24.1 Å². The maximum atomic E-state index is 13.2.